The van der Waals surface area contributed by atoms with Crippen molar-refractivity contribution in [3.8, 4) is 0 Å². The maximum absolute atomic E-state index is 2.38. The molecule has 14 heavy (non-hydrogen) atoms. The van der Waals surface area contributed by atoms with Gasteiger partial charge >= 0.3 is 0 Å². The van der Waals surface area contributed by atoms with Crippen molar-refractivity contribution >= 4 is 0 Å². The van der Waals surface area contributed by atoms with Crippen LogP contribution in [0.2, 0.25) is 0 Å². The minimum absolute atomic E-state index is 0.393. The third kappa shape index (κ3) is 4.83. The molecule has 0 N–H and O–H groups in total. The van der Waals surface area contributed by atoms with Crippen LogP contribution < -0.4 is 0 Å². The quantitative estimate of drug-likeness (QED) is 0.542. The average molecular weight is 196 g/mol. The van der Waals surface area contributed by atoms with E-state index in [-0.39, 0.29) is 0 Å². The molecule has 0 radical (unpaired) electrons. The molecule has 0 heteroatoms. The van der Waals surface area contributed by atoms with Crippen LogP contribution in [-0.2, 0) is 0 Å². The third-order valence-corrected chi connectivity index (χ3v) is 2.85. The van der Waals surface area contributed by atoms with Crippen LogP contribution in [0.4, 0.5) is 0 Å². The maximum atomic E-state index is 2.38. The summed E-state index contributed by atoms with van der Waals surface area (Å²) in [5.41, 5.74) is 2.22. The molecule has 0 aliphatic heterocycles. The Morgan fingerprint density at radius 1 is 0.929 bits per heavy atom. The molecule has 0 bridgehead atoms. The van der Waals surface area contributed by atoms with Crippen molar-refractivity contribution in [3.05, 3.63) is 11.6 Å². The van der Waals surface area contributed by atoms with E-state index >= 15 is 0 Å². The number of rotatable bonds is 2. The lowest BCUT2D eigenvalue weighted by Gasteiger charge is -2.40. The van der Waals surface area contributed by atoms with Gasteiger partial charge in [-0.15, -0.1) is 0 Å². The summed E-state index contributed by atoms with van der Waals surface area (Å²) in [7, 11) is 0. The zero-order chi connectivity index (χ0) is 11.6. The van der Waals surface area contributed by atoms with E-state index < -0.39 is 0 Å². The van der Waals surface area contributed by atoms with Gasteiger partial charge in [0, 0.05) is 0 Å². The maximum Gasteiger partial charge on any atom is -0.0282 e. The first-order chi connectivity index (χ1) is 6.05. The Morgan fingerprint density at radius 3 is 1.50 bits per heavy atom. The summed E-state index contributed by atoms with van der Waals surface area (Å²) in [6, 6.07) is 0. The van der Waals surface area contributed by atoms with Gasteiger partial charge in [0.1, 0.15) is 0 Å². The molecule has 0 aliphatic rings. The summed E-state index contributed by atoms with van der Waals surface area (Å²) in [6.45, 7) is 18.5. The molecule has 0 spiro atoms. The summed E-state index contributed by atoms with van der Waals surface area (Å²) >= 11 is 0. The fourth-order valence-electron chi connectivity index (χ4n) is 2.36. The predicted octanol–water partition coefficient (Wildman–Crippen LogP) is 5.05. The molecule has 0 aromatic rings. The Morgan fingerprint density at radius 2 is 1.29 bits per heavy atom. The second kappa shape index (κ2) is 4.51. The SMILES string of the molecule is CC(C)=CCC(C(C)(C)C)C(C)(C)C. The van der Waals surface area contributed by atoms with Gasteiger partial charge in [0.2, 0.25) is 0 Å². The van der Waals surface area contributed by atoms with Crippen LogP contribution in [0.3, 0.4) is 0 Å². The Hall–Kier alpha value is -0.260. The Kier molecular flexibility index (Phi) is 4.42. The van der Waals surface area contributed by atoms with Crippen molar-refractivity contribution in [1.29, 1.82) is 0 Å². The third-order valence-electron chi connectivity index (χ3n) is 2.85. The fraction of sp³-hybridized carbons (Fsp3) is 0.857. The molecule has 0 aromatic carbocycles. The molecule has 0 heterocycles. The van der Waals surface area contributed by atoms with Gasteiger partial charge in [-0.3, -0.25) is 0 Å². The number of hydrogen-bond donors (Lipinski definition) is 0. The van der Waals surface area contributed by atoms with Crippen LogP contribution in [-0.4, -0.2) is 0 Å². The Labute approximate surface area is 90.8 Å². The van der Waals surface area contributed by atoms with E-state index in [2.05, 4.69) is 61.5 Å². The Balaban J connectivity index is 4.69. The van der Waals surface area contributed by atoms with Gasteiger partial charge in [-0.1, -0.05) is 53.2 Å². The summed E-state index contributed by atoms with van der Waals surface area (Å²) in [4.78, 5) is 0. The van der Waals surface area contributed by atoms with Crippen molar-refractivity contribution in [3.63, 3.8) is 0 Å². The summed E-state index contributed by atoms with van der Waals surface area (Å²) in [5.74, 6) is 0.741. The molecule has 0 saturated carbocycles. The van der Waals surface area contributed by atoms with E-state index in [1.54, 1.807) is 0 Å². The van der Waals surface area contributed by atoms with E-state index in [9.17, 15) is 0 Å². The van der Waals surface area contributed by atoms with Gasteiger partial charge in [-0.2, -0.15) is 0 Å². The highest BCUT2D eigenvalue weighted by atomic mass is 14.4. The minimum Gasteiger partial charge on any atom is -0.0856 e. The molecule has 0 fully saturated rings. The lowest BCUT2D eigenvalue weighted by atomic mass is 9.65. The van der Waals surface area contributed by atoms with Gasteiger partial charge < -0.3 is 0 Å². The van der Waals surface area contributed by atoms with Crippen molar-refractivity contribution < 1.29 is 0 Å². The Bertz CT molecular complexity index is 177. The molecule has 0 nitrogen and oxygen atoms in total. The molecule has 0 aromatic heterocycles. The van der Waals surface area contributed by atoms with Crippen LogP contribution in [0.5, 0.6) is 0 Å². The lowest BCUT2D eigenvalue weighted by molar-refractivity contribution is 0.105. The molecule has 0 aliphatic carbocycles. The van der Waals surface area contributed by atoms with E-state index in [0.717, 1.165) is 5.92 Å². The van der Waals surface area contributed by atoms with E-state index in [1.807, 2.05) is 0 Å². The minimum atomic E-state index is 0.393. The number of hydrogen-bond acceptors (Lipinski definition) is 0. The summed E-state index contributed by atoms with van der Waals surface area (Å²) < 4.78 is 0. The molecular formula is C14H28. The highest BCUT2D eigenvalue weighted by Gasteiger charge is 2.33. The highest BCUT2D eigenvalue weighted by molar-refractivity contribution is 4.97. The predicted molar refractivity (Wildman–Crippen MR) is 66.4 cm³/mol. The molecule has 0 atom stereocenters. The first kappa shape index (κ1) is 13.7. The van der Waals surface area contributed by atoms with Crippen LogP contribution in [0.25, 0.3) is 0 Å². The van der Waals surface area contributed by atoms with E-state index in [1.165, 1.54) is 12.0 Å². The van der Waals surface area contributed by atoms with Crippen LogP contribution >= 0.6 is 0 Å². The van der Waals surface area contributed by atoms with Gasteiger partial charge in [0.05, 0.1) is 0 Å². The molecular weight excluding hydrogens is 168 g/mol. The standard InChI is InChI=1S/C14H28/c1-11(2)9-10-12(13(3,4)5)14(6,7)8/h9,12H,10H2,1-8H3. The fourth-order valence-corrected chi connectivity index (χ4v) is 2.36. The molecule has 84 valence electrons. The first-order valence-electron chi connectivity index (χ1n) is 5.68. The van der Waals surface area contributed by atoms with Crippen molar-refractivity contribution in [2.45, 2.75) is 61.8 Å². The normalized spacial score (nSPS) is 13.2. The highest BCUT2D eigenvalue weighted by Crippen LogP contribution is 2.42. The molecule has 0 rings (SSSR count). The largest absolute Gasteiger partial charge is 0.0856 e. The zero-order valence-electron chi connectivity index (χ0n) is 11.4. The topological polar surface area (TPSA) is 0 Å². The molecule has 0 amide bonds. The average Bonchev–Trinajstić information content (AvgIpc) is 1.78. The monoisotopic (exact) mass is 196 g/mol. The molecule has 0 unspecified atom stereocenters. The van der Waals surface area contributed by atoms with Gasteiger partial charge in [-0.25, -0.2) is 0 Å². The second-order valence-electron chi connectivity index (χ2n) is 6.80. The van der Waals surface area contributed by atoms with E-state index in [4.69, 9.17) is 0 Å². The lowest BCUT2D eigenvalue weighted by Crippen LogP contribution is -2.32. The van der Waals surface area contributed by atoms with E-state index in [0.29, 0.717) is 10.8 Å². The van der Waals surface area contributed by atoms with Crippen molar-refractivity contribution in [2.24, 2.45) is 16.7 Å². The van der Waals surface area contributed by atoms with Crippen molar-refractivity contribution in [1.82, 2.24) is 0 Å². The second-order valence-corrected chi connectivity index (χ2v) is 6.80. The van der Waals surface area contributed by atoms with Gasteiger partial charge in [-0.05, 0) is 37.0 Å². The first-order valence-corrected chi connectivity index (χ1v) is 5.68. The zero-order valence-corrected chi connectivity index (χ0v) is 11.4. The van der Waals surface area contributed by atoms with Gasteiger partial charge in [0.25, 0.3) is 0 Å². The van der Waals surface area contributed by atoms with Crippen LogP contribution in [0, 0.1) is 16.7 Å². The molecule has 0 saturated heterocycles. The van der Waals surface area contributed by atoms with Crippen LogP contribution in [0.1, 0.15) is 61.8 Å². The smallest absolute Gasteiger partial charge is 0.0282 e. The van der Waals surface area contributed by atoms with Gasteiger partial charge in [0.15, 0.2) is 0 Å². The summed E-state index contributed by atoms with van der Waals surface area (Å²) in [5, 5.41) is 0. The van der Waals surface area contributed by atoms with Crippen molar-refractivity contribution in [2.75, 3.05) is 0 Å². The number of allylic oxidation sites excluding steroid dienone is 2. The van der Waals surface area contributed by atoms with Crippen LogP contribution in [0.15, 0.2) is 11.6 Å². The summed E-state index contributed by atoms with van der Waals surface area (Å²) in [6.07, 6.45) is 3.58.